The van der Waals surface area contributed by atoms with E-state index >= 15 is 4.79 Å². The average molecular weight is 669 g/mol. The predicted octanol–water partition coefficient (Wildman–Crippen LogP) is 4.02. The van der Waals surface area contributed by atoms with E-state index in [-0.39, 0.29) is 42.5 Å². The highest BCUT2D eigenvalue weighted by Gasteiger charge is 2.86. The zero-order chi connectivity index (χ0) is 33.8. The molecule has 1 saturated carbocycles. The molecule has 10 aliphatic rings. The highest BCUT2D eigenvalue weighted by Crippen LogP contribution is 2.73. The number of epoxide rings is 2. The number of rotatable bonds is 8. The van der Waals surface area contributed by atoms with E-state index in [1.807, 2.05) is 27.7 Å². The summed E-state index contributed by atoms with van der Waals surface area (Å²) in [4.78, 5) is 30.1. The first kappa shape index (κ1) is 32.3. The van der Waals surface area contributed by atoms with Gasteiger partial charge in [0.25, 0.3) is 0 Å². The van der Waals surface area contributed by atoms with E-state index in [0.717, 1.165) is 56.9 Å². The van der Waals surface area contributed by atoms with Gasteiger partial charge in [-0.05, 0) is 52.5 Å². The molecule has 0 radical (unpaired) electrons. The first-order valence-corrected chi connectivity index (χ1v) is 18.7. The molecule has 2 bridgehead atoms. The minimum atomic E-state index is -1.19. The number of aliphatic hydroxyl groups is 2. The van der Waals surface area contributed by atoms with E-state index in [1.54, 1.807) is 6.26 Å². The van der Waals surface area contributed by atoms with Gasteiger partial charge in [0.1, 0.15) is 35.6 Å². The monoisotopic (exact) mass is 668 g/mol. The Balaban J connectivity index is 1.25. The molecule has 10 rings (SSSR count). The summed E-state index contributed by atoms with van der Waals surface area (Å²) in [5.41, 5.74) is -2.75. The standard InChI is InChI=1S/C38H52O10/c1-7-9-11-13-19-23-24-25(30-37(32(47-37)27(24)41)16-22(40)35(5,6)46-30)31(44-19)38-18(17-43-20(26(23)38)14-12-10-8-2)29-36(33(48-36)28(38)42)15-21(39)34(3,4)45-29/h17,19-23,26,29-33,39-40H,7-16H2,1-6H3/t19-,20+,21+,22+,23-,26?,29+,30+,31+,32+,33+,36-,37-,38-/m1/s1. The van der Waals surface area contributed by atoms with Crippen molar-refractivity contribution < 1.29 is 48.2 Å². The molecule has 1 unspecified atom stereocenters. The number of unbranched alkanes of at least 4 members (excludes halogenated alkanes) is 4. The minimum absolute atomic E-state index is 0.0488. The van der Waals surface area contributed by atoms with Gasteiger partial charge in [0.2, 0.25) is 0 Å². The fraction of sp³-hybridized carbons (Fsp3) is 0.842. The Hall–Kier alpha value is -1.66. The lowest BCUT2D eigenvalue weighted by atomic mass is 9.43. The molecule has 7 heterocycles. The van der Waals surface area contributed by atoms with Crippen molar-refractivity contribution in [3.8, 4) is 0 Å². The predicted molar refractivity (Wildman–Crippen MR) is 171 cm³/mol. The van der Waals surface area contributed by atoms with Gasteiger partial charge in [0.15, 0.2) is 17.7 Å². The van der Waals surface area contributed by atoms with Gasteiger partial charge in [-0.1, -0.05) is 46.0 Å². The van der Waals surface area contributed by atoms with Gasteiger partial charge in [-0.3, -0.25) is 9.59 Å². The van der Waals surface area contributed by atoms with Crippen LogP contribution in [0.25, 0.3) is 0 Å². The van der Waals surface area contributed by atoms with Crippen LogP contribution in [0.15, 0.2) is 23.0 Å². The van der Waals surface area contributed by atoms with Crippen molar-refractivity contribution >= 4 is 11.6 Å². The van der Waals surface area contributed by atoms with E-state index < -0.39 is 76.5 Å². The smallest absolute Gasteiger partial charge is 0.191 e. The number of ether oxygens (including phenoxy) is 6. The molecule has 3 spiro atoms. The van der Waals surface area contributed by atoms with E-state index in [0.29, 0.717) is 11.1 Å². The highest BCUT2D eigenvalue weighted by atomic mass is 16.7. The van der Waals surface area contributed by atoms with Crippen LogP contribution in [-0.2, 0) is 38.0 Å². The number of ketones is 2. The van der Waals surface area contributed by atoms with E-state index in [9.17, 15) is 15.0 Å². The van der Waals surface area contributed by atoms with Gasteiger partial charge < -0.3 is 38.6 Å². The molecule has 10 heteroatoms. The normalized spacial score (nSPS) is 51.2. The zero-order valence-electron chi connectivity index (χ0n) is 29.2. The van der Waals surface area contributed by atoms with Gasteiger partial charge in [0, 0.05) is 35.8 Å². The molecular weight excluding hydrogens is 616 g/mol. The molecule has 0 aromatic carbocycles. The van der Waals surface area contributed by atoms with E-state index in [1.165, 1.54) is 0 Å². The van der Waals surface area contributed by atoms with Crippen LogP contribution in [0.4, 0.5) is 0 Å². The van der Waals surface area contributed by atoms with Crippen LogP contribution in [0.2, 0.25) is 0 Å². The zero-order valence-corrected chi connectivity index (χ0v) is 29.2. The second kappa shape index (κ2) is 10.2. The molecule has 2 N–H and O–H groups in total. The Morgan fingerprint density at radius 2 is 1.31 bits per heavy atom. The summed E-state index contributed by atoms with van der Waals surface area (Å²) in [5, 5.41) is 22.3. The number of carbonyl (C=O) groups is 2. The summed E-state index contributed by atoms with van der Waals surface area (Å²) in [6.07, 6.45) is 4.29. The highest BCUT2D eigenvalue weighted by molar-refractivity contribution is 6.07. The van der Waals surface area contributed by atoms with E-state index in [2.05, 4.69) is 13.8 Å². The summed E-state index contributed by atoms with van der Waals surface area (Å²) >= 11 is 0. The van der Waals surface area contributed by atoms with Crippen molar-refractivity contribution in [3.05, 3.63) is 23.0 Å². The van der Waals surface area contributed by atoms with E-state index in [4.69, 9.17) is 28.4 Å². The molecular formula is C38H52O10. The third kappa shape index (κ3) is 3.84. The third-order valence-electron chi connectivity index (χ3n) is 13.9. The molecule has 0 aromatic rings. The Bertz CT molecular complexity index is 1500. The van der Waals surface area contributed by atoms with Crippen LogP contribution in [0.5, 0.6) is 0 Å². The molecule has 264 valence electrons. The Kier molecular flexibility index (Phi) is 6.88. The lowest BCUT2D eigenvalue weighted by molar-refractivity contribution is -0.246. The first-order chi connectivity index (χ1) is 22.8. The molecule has 3 aliphatic carbocycles. The largest absolute Gasteiger partial charge is 0.498 e. The number of fused-ring (bicyclic) bond motifs is 2. The first-order valence-electron chi connectivity index (χ1n) is 18.7. The van der Waals surface area contributed by atoms with Crippen LogP contribution in [-0.4, -0.2) is 99.1 Å². The Morgan fingerprint density at radius 3 is 1.96 bits per heavy atom. The van der Waals surface area contributed by atoms with Gasteiger partial charge in [-0.15, -0.1) is 0 Å². The van der Waals surface area contributed by atoms with Crippen LogP contribution >= 0.6 is 0 Å². The number of carbonyl (C=O) groups excluding carboxylic acids is 2. The average Bonchev–Trinajstić information content (AvgIpc) is 3.95. The molecule has 10 nitrogen and oxygen atoms in total. The van der Waals surface area contributed by atoms with Crippen LogP contribution in [0.3, 0.4) is 0 Å². The van der Waals surface area contributed by atoms with Crippen LogP contribution in [0.1, 0.15) is 106 Å². The summed E-state index contributed by atoms with van der Waals surface area (Å²) in [6, 6.07) is 0. The fourth-order valence-corrected chi connectivity index (χ4v) is 11.2. The maximum absolute atomic E-state index is 15.4. The molecule has 0 aromatic heterocycles. The van der Waals surface area contributed by atoms with Gasteiger partial charge in [-0.25, -0.2) is 0 Å². The number of hydrogen-bond donors (Lipinski definition) is 2. The number of Topliss-reactive ketones (excluding diaryl/α,β-unsaturated/α-hetero) is 2. The van der Waals surface area contributed by atoms with Crippen molar-refractivity contribution in [3.63, 3.8) is 0 Å². The summed E-state index contributed by atoms with van der Waals surface area (Å²) in [7, 11) is 0. The van der Waals surface area contributed by atoms with Gasteiger partial charge in [-0.2, -0.15) is 0 Å². The Morgan fingerprint density at radius 1 is 0.729 bits per heavy atom. The SMILES string of the molecule is CCCCC[C@@H]1OC=C2[C@@H]3OC(C)(C)[C@@H](O)C[C@@]34O[C@H]4C(=O)[C@]23C1[C@H]1C2=C([C@@H]3O[C@@H]1CCCCC)[C@@H]1OC(C)(C)[C@@H](O)C[C@@]13O[C@H]3C2=O. The van der Waals surface area contributed by atoms with Crippen molar-refractivity contribution in [2.24, 2.45) is 17.3 Å². The maximum Gasteiger partial charge on any atom is 0.191 e. The molecule has 0 amide bonds. The van der Waals surface area contributed by atoms with Crippen LogP contribution < -0.4 is 0 Å². The fourth-order valence-electron chi connectivity index (χ4n) is 11.2. The quantitative estimate of drug-likeness (QED) is 0.288. The Labute approximate surface area is 282 Å². The minimum Gasteiger partial charge on any atom is -0.498 e. The lowest BCUT2D eigenvalue weighted by Crippen LogP contribution is -2.76. The number of aliphatic hydroxyl groups excluding tert-OH is 2. The van der Waals surface area contributed by atoms with Crippen molar-refractivity contribution in [1.82, 2.24) is 0 Å². The topological polar surface area (TPSA) is 137 Å². The summed E-state index contributed by atoms with van der Waals surface area (Å²) in [6.45, 7) is 11.9. The third-order valence-corrected chi connectivity index (χ3v) is 13.9. The van der Waals surface area contributed by atoms with Gasteiger partial charge >= 0.3 is 0 Å². The molecule has 7 aliphatic heterocycles. The van der Waals surface area contributed by atoms with Crippen molar-refractivity contribution in [2.45, 2.75) is 183 Å². The molecule has 14 atom stereocenters. The molecule has 48 heavy (non-hydrogen) atoms. The van der Waals surface area contributed by atoms with Gasteiger partial charge in [0.05, 0.1) is 47.3 Å². The second-order valence-electron chi connectivity index (χ2n) is 17.4. The number of hydrogen-bond acceptors (Lipinski definition) is 10. The van der Waals surface area contributed by atoms with Crippen molar-refractivity contribution in [2.75, 3.05) is 0 Å². The van der Waals surface area contributed by atoms with Crippen molar-refractivity contribution in [1.29, 1.82) is 0 Å². The second-order valence-corrected chi connectivity index (χ2v) is 17.4. The lowest BCUT2D eigenvalue weighted by Gasteiger charge is -2.66. The molecule has 6 fully saturated rings. The summed E-state index contributed by atoms with van der Waals surface area (Å²) in [5.74, 6) is -0.863. The van der Waals surface area contributed by atoms with Crippen LogP contribution in [0, 0.1) is 17.3 Å². The summed E-state index contributed by atoms with van der Waals surface area (Å²) < 4.78 is 40.3. The maximum atomic E-state index is 15.4. The molecule has 5 saturated heterocycles.